The lowest BCUT2D eigenvalue weighted by Crippen LogP contribution is -2.38. The fourth-order valence-corrected chi connectivity index (χ4v) is 2.00. The van der Waals surface area contributed by atoms with E-state index >= 15 is 0 Å². The summed E-state index contributed by atoms with van der Waals surface area (Å²) >= 11 is 0. The lowest BCUT2D eigenvalue weighted by molar-refractivity contribution is -0.146. The summed E-state index contributed by atoms with van der Waals surface area (Å²) in [6, 6.07) is 6.76. The van der Waals surface area contributed by atoms with E-state index in [-0.39, 0.29) is 11.6 Å². The molecule has 1 N–H and O–H groups in total. The van der Waals surface area contributed by atoms with E-state index < -0.39 is 17.7 Å². The van der Waals surface area contributed by atoms with Crippen LogP contribution in [0.1, 0.15) is 39.4 Å². The van der Waals surface area contributed by atoms with Crippen molar-refractivity contribution in [1.29, 1.82) is 0 Å². The van der Waals surface area contributed by atoms with Crippen LogP contribution >= 0.6 is 0 Å². The molecule has 0 spiro atoms. The highest BCUT2D eigenvalue weighted by molar-refractivity contribution is 6.39. The van der Waals surface area contributed by atoms with Gasteiger partial charge in [0.15, 0.2) is 5.71 Å². The Hall–Kier alpha value is -2.21. The summed E-state index contributed by atoms with van der Waals surface area (Å²) in [7, 11) is 0. The van der Waals surface area contributed by atoms with Crippen molar-refractivity contribution >= 4 is 23.3 Å². The Bertz CT molecular complexity index is 616. The summed E-state index contributed by atoms with van der Waals surface area (Å²) < 4.78 is 5.22. The van der Waals surface area contributed by atoms with E-state index in [9.17, 15) is 14.7 Å². The van der Waals surface area contributed by atoms with Gasteiger partial charge >= 0.3 is 5.97 Å². The van der Waals surface area contributed by atoms with Crippen molar-refractivity contribution in [3.63, 3.8) is 0 Å². The molecular formula is C15H18N2O4. The summed E-state index contributed by atoms with van der Waals surface area (Å²) in [4.78, 5) is 23.9. The fraction of sp³-hybridized carbons (Fsp3) is 0.400. The number of nitrogens with zero attached hydrogens (tertiary/aromatic N) is 2. The van der Waals surface area contributed by atoms with Gasteiger partial charge < -0.3 is 9.84 Å². The Labute approximate surface area is 123 Å². The van der Waals surface area contributed by atoms with Crippen LogP contribution < -0.4 is 5.01 Å². The van der Waals surface area contributed by atoms with Crippen LogP contribution in [0.15, 0.2) is 29.4 Å². The number of amides is 1. The highest BCUT2D eigenvalue weighted by atomic mass is 16.6. The van der Waals surface area contributed by atoms with E-state index in [4.69, 9.17) is 4.74 Å². The number of hydrogen-bond acceptors (Lipinski definition) is 5. The van der Waals surface area contributed by atoms with E-state index in [0.29, 0.717) is 11.3 Å². The van der Waals surface area contributed by atoms with Crippen molar-refractivity contribution in [2.75, 3.05) is 5.01 Å². The zero-order valence-electron chi connectivity index (χ0n) is 12.5. The number of rotatable bonds is 1. The van der Waals surface area contributed by atoms with Gasteiger partial charge in [0.25, 0.3) is 0 Å². The van der Waals surface area contributed by atoms with Gasteiger partial charge in [-0.3, -0.25) is 4.79 Å². The minimum Gasteiger partial charge on any atom is -0.455 e. The van der Waals surface area contributed by atoms with Gasteiger partial charge in [0.2, 0.25) is 5.91 Å². The van der Waals surface area contributed by atoms with Crippen LogP contribution in [0, 0.1) is 0 Å². The van der Waals surface area contributed by atoms with E-state index in [1.807, 2.05) is 0 Å². The summed E-state index contributed by atoms with van der Waals surface area (Å²) in [6.45, 7) is 6.50. The van der Waals surface area contributed by atoms with Crippen LogP contribution in [0.2, 0.25) is 0 Å². The molecule has 0 aromatic heterocycles. The molecule has 6 nitrogen and oxygen atoms in total. The number of hydrazone groups is 1. The van der Waals surface area contributed by atoms with Crippen molar-refractivity contribution in [2.24, 2.45) is 5.10 Å². The van der Waals surface area contributed by atoms with Gasteiger partial charge in [0.05, 0.1) is 5.69 Å². The highest BCUT2D eigenvalue weighted by Gasteiger charge is 2.35. The minimum absolute atomic E-state index is 0.196. The molecule has 1 aliphatic rings. The molecule has 1 amide bonds. The maximum atomic E-state index is 12.2. The van der Waals surface area contributed by atoms with Crippen LogP contribution in [0.4, 0.5) is 5.69 Å². The van der Waals surface area contributed by atoms with Gasteiger partial charge in [-0.2, -0.15) is 5.10 Å². The highest BCUT2D eigenvalue weighted by Crippen LogP contribution is 2.32. The number of anilines is 1. The van der Waals surface area contributed by atoms with Gasteiger partial charge in [-0.25, -0.2) is 9.80 Å². The van der Waals surface area contributed by atoms with Crippen molar-refractivity contribution in [2.45, 2.75) is 39.4 Å². The molecule has 1 heterocycles. The van der Waals surface area contributed by atoms with E-state index in [2.05, 4.69) is 5.10 Å². The van der Waals surface area contributed by atoms with Crippen molar-refractivity contribution in [1.82, 2.24) is 0 Å². The third kappa shape index (κ3) is 3.11. The van der Waals surface area contributed by atoms with Crippen LogP contribution in [0.3, 0.4) is 0 Å². The lowest BCUT2D eigenvalue weighted by Gasteiger charge is -2.29. The average Bonchev–Trinajstić information content (AvgIpc) is 2.36. The molecular weight excluding hydrogens is 272 g/mol. The smallest absolute Gasteiger partial charge is 0.358 e. The molecule has 0 saturated heterocycles. The Morgan fingerprint density at radius 2 is 1.90 bits per heavy atom. The first-order chi connectivity index (χ1) is 9.70. The maximum absolute atomic E-state index is 12.2. The van der Waals surface area contributed by atoms with Gasteiger partial charge in [-0.15, -0.1) is 0 Å². The molecule has 1 aliphatic heterocycles. The maximum Gasteiger partial charge on any atom is 0.358 e. The van der Waals surface area contributed by atoms with Crippen molar-refractivity contribution in [3.8, 4) is 0 Å². The minimum atomic E-state index is -1.22. The number of esters is 1. The Balaban J connectivity index is 2.44. The molecule has 1 aromatic carbocycles. The Morgan fingerprint density at radius 1 is 1.29 bits per heavy atom. The van der Waals surface area contributed by atoms with Crippen LogP contribution in [0.25, 0.3) is 0 Å². The molecule has 0 bridgehead atoms. The SMILES string of the molecule is CC(=O)N1N=C(C(=O)OC(C)(C)C)C(O)c2ccccc21. The number of aliphatic hydroxyl groups is 1. The lowest BCUT2D eigenvalue weighted by atomic mass is 10.0. The number of hydrogen-bond donors (Lipinski definition) is 1. The summed E-state index contributed by atoms with van der Waals surface area (Å²) in [6.07, 6.45) is -1.22. The average molecular weight is 290 g/mol. The zero-order chi connectivity index (χ0) is 15.8. The Morgan fingerprint density at radius 3 is 2.48 bits per heavy atom. The molecule has 112 valence electrons. The summed E-state index contributed by atoms with van der Waals surface area (Å²) in [5.74, 6) is -1.09. The topological polar surface area (TPSA) is 79.2 Å². The predicted octanol–water partition coefficient (Wildman–Crippen LogP) is 1.78. The zero-order valence-corrected chi connectivity index (χ0v) is 12.5. The van der Waals surface area contributed by atoms with Crippen molar-refractivity contribution < 1.29 is 19.4 Å². The molecule has 0 radical (unpaired) electrons. The quantitative estimate of drug-likeness (QED) is 0.800. The fourth-order valence-electron chi connectivity index (χ4n) is 2.00. The first-order valence-corrected chi connectivity index (χ1v) is 6.60. The molecule has 1 atom stereocenters. The normalized spacial score (nSPS) is 17.9. The standard InChI is InChI=1S/C15H18N2O4/c1-9(18)17-11-8-6-5-7-10(11)13(19)12(16-17)14(20)21-15(2,3)4/h5-8,13,19H,1-4H3. The van der Waals surface area contributed by atoms with E-state index in [1.165, 1.54) is 6.92 Å². The first kappa shape index (κ1) is 15.2. The number of fused-ring (bicyclic) bond motifs is 1. The number of aliphatic hydroxyl groups excluding tert-OH is 1. The molecule has 6 heteroatoms. The second-order valence-electron chi connectivity index (χ2n) is 5.78. The van der Waals surface area contributed by atoms with E-state index in [1.54, 1.807) is 45.0 Å². The molecule has 0 aliphatic carbocycles. The molecule has 0 saturated carbocycles. The third-order valence-corrected chi connectivity index (χ3v) is 2.83. The van der Waals surface area contributed by atoms with Gasteiger partial charge in [-0.1, -0.05) is 18.2 Å². The Kier molecular flexibility index (Phi) is 3.82. The van der Waals surface area contributed by atoms with Gasteiger partial charge in [0, 0.05) is 12.5 Å². The van der Waals surface area contributed by atoms with Gasteiger partial charge in [0.1, 0.15) is 11.7 Å². The van der Waals surface area contributed by atoms with Gasteiger partial charge in [-0.05, 0) is 26.8 Å². The number of benzene rings is 1. The molecule has 1 aromatic rings. The molecule has 0 fully saturated rings. The summed E-state index contributed by atoms with van der Waals surface area (Å²) in [5.41, 5.74) is 0.00402. The first-order valence-electron chi connectivity index (χ1n) is 6.60. The van der Waals surface area contributed by atoms with Crippen LogP contribution in [-0.2, 0) is 14.3 Å². The monoisotopic (exact) mass is 290 g/mol. The molecule has 2 rings (SSSR count). The third-order valence-electron chi connectivity index (χ3n) is 2.83. The second-order valence-corrected chi connectivity index (χ2v) is 5.78. The van der Waals surface area contributed by atoms with Crippen LogP contribution in [-0.4, -0.2) is 28.3 Å². The molecule has 21 heavy (non-hydrogen) atoms. The van der Waals surface area contributed by atoms with Crippen molar-refractivity contribution in [3.05, 3.63) is 29.8 Å². The predicted molar refractivity (Wildman–Crippen MR) is 77.8 cm³/mol. The number of carbonyl (C=O) groups excluding carboxylic acids is 2. The largest absolute Gasteiger partial charge is 0.455 e. The number of para-hydroxylation sites is 1. The summed E-state index contributed by atoms with van der Waals surface area (Å²) in [5, 5.41) is 15.4. The number of ether oxygens (including phenoxy) is 1. The second kappa shape index (κ2) is 5.29. The van der Waals surface area contributed by atoms with Crippen LogP contribution in [0.5, 0.6) is 0 Å². The number of carbonyl (C=O) groups is 2. The van der Waals surface area contributed by atoms with E-state index in [0.717, 1.165) is 5.01 Å². The molecule has 1 unspecified atom stereocenters.